The summed E-state index contributed by atoms with van der Waals surface area (Å²) in [4.78, 5) is 13.8. The van der Waals surface area contributed by atoms with Crippen LogP contribution in [0.3, 0.4) is 0 Å². The van der Waals surface area contributed by atoms with Crippen molar-refractivity contribution in [2.75, 3.05) is 6.54 Å². The average Bonchev–Trinajstić information content (AvgIpc) is 2.46. The van der Waals surface area contributed by atoms with Crippen LogP contribution in [0, 0.1) is 0 Å². The third kappa shape index (κ3) is 2.44. The Balaban J connectivity index is 2.12. The molecule has 0 aliphatic carbocycles. The smallest absolute Gasteiger partial charge is 0.220 e. The topological polar surface area (TPSA) is 60.8 Å². The van der Waals surface area contributed by atoms with Crippen LogP contribution in [0.25, 0.3) is 0 Å². The summed E-state index contributed by atoms with van der Waals surface area (Å²) >= 11 is 0. The molecule has 0 radical (unpaired) electrons. The molecule has 1 atom stereocenters. The molecular formula is C17H17NO3. The Labute approximate surface area is 123 Å². The number of phenolic OH excluding ortho intramolecular Hbond substituents is 2. The van der Waals surface area contributed by atoms with Gasteiger partial charge in [-0.05, 0) is 47.4 Å². The van der Waals surface area contributed by atoms with E-state index in [0.717, 1.165) is 23.1 Å². The first-order chi connectivity index (χ1) is 10.1. The second kappa shape index (κ2) is 5.13. The van der Waals surface area contributed by atoms with Crippen molar-refractivity contribution in [2.45, 2.75) is 19.4 Å². The quantitative estimate of drug-likeness (QED) is 0.845. The molecule has 1 aliphatic rings. The molecule has 0 fully saturated rings. The fourth-order valence-electron chi connectivity index (χ4n) is 2.97. The van der Waals surface area contributed by atoms with E-state index in [9.17, 15) is 15.0 Å². The Hall–Kier alpha value is -2.49. The summed E-state index contributed by atoms with van der Waals surface area (Å²) in [7, 11) is 0. The van der Waals surface area contributed by atoms with Crippen LogP contribution < -0.4 is 0 Å². The summed E-state index contributed by atoms with van der Waals surface area (Å²) < 4.78 is 0. The van der Waals surface area contributed by atoms with Crippen molar-refractivity contribution in [3.8, 4) is 11.5 Å². The van der Waals surface area contributed by atoms with Gasteiger partial charge in [-0.25, -0.2) is 0 Å². The zero-order valence-electron chi connectivity index (χ0n) is 11.8. The largest absolute Gasteiger partial charge is 0.508 e. The average molecular weight is 283 g/mol. The Kier molecular flexibility index (Phi) is 3.29. The number of aromatic hydroxyl groups is 2. The van der Waals surface area contributed by atoms with Gasteiger partial charge in [-0.15, -0.1) is 0 Å². The molecule has 0 saturated heterocycles. The van der Waals surface area contributed by atoms with E-state index in [1.807, 2.05) is 23.1 Å². The van der Waals surface area contributed by atoms with Gasteiger partial charge in [-0.3, -0.25) is 4.79 Å². The molecule has 0 spiro atoms. The molecular weight excluding hydrogens is 266 g/mol. The number of phenols is 2. The van der Waals surface area contributed by atoms with E-state index >= 15 is 0 Å². The number of fused-ring (bicyclic) bond motifs is 1. The fraction of sp³-hybridized carbons (Fsp3) is 0.235. The van der Waals surface area contributed by atoms with Gasteiger partial charge in [0.25, 0.3) is 0 Å². The van der Waals surface area contributed by atoms with Crippen LogP contribution in [0.1, 0.15) is 29.7 Å². The molecule has 108 valence electrons. The van der Waals surface area contributed by atoms with Gasteiger partial charge in [0, 0.05) is 13.5 Å². The summed E-state index contributed by atoms with van der Waals surface area (Å²) in [5, 5.41) is 19.1. The summed E-state index contributed by atoms with van der Waals surface area (Å²) in [6.07, 6.45) is 0.734. The summed E-state index contributed by atoms with van der Waals surface area (Å²) in [5.41, 5.74) is 3.04. The van der Waals surface area contributed by atoms with Gasteiger partial charge in [0.1, 0.15) is 11.5 Å². The lowest BCUT2D eigenvalue weighted by Gasteiger charge is -2.37. The molecule has 4 nitrogen and oxygen atoms in total. The molecule has 1 aliphatic heterocycles. The monoisotopic (exact) mass is 283 g/mol. The Morgan fingerprint density at radius 2 is 1.76 bits per heavy atom. The van der Waals surface area contributed by atoms with E-state index in [1.54, 1.807) is 31.2 Å². The van der Waals surface area contributed by atoms with Crippen LogP contribution >= 0.6 is 0 Å². The van der Waals surface area contributed by atoms with Gasteiger partial charge in [0.2, 0.25) is 5.91 Å². The highest BCUT2D eigenvalue weighted by Gasteiger charge is 2.30. The molecule has 0 unspecified atom stereocenters. The summed E-state index contributed by atoms with van der Waals surface area (Å²) in [5.74, 6) is 0.469. The van der Waals surface area contributed by atoms with Crippen LogP contribution in [0.5, 0.6) is 11.5 Å². The molecule has 1 amide bonds. The number of carbonyl (C=O) groups excluding carboxylic acids is 1. The first-order valence-corrected chi connectivity index (χ1v) is 6.94. The molecule has 0 saturated carbocycles. The second-order valence-corrected chi connectivity index (χ2v) is 5.34. The van der Waals surface area contributed by atoms with Crippen molar-refractivity contribution in [3.63, 3.8) is 0 Å². The number of rotatable bonds is 1. The van der Waals surface area contributed by atoms with Crippen LogP contribution in [-0.4, -0.2) is 27.6 Å². The Morgan fingerprint density at radius 3 is 2.43 bits per heavy atom. The standard InChI is InChI=1S/C17H17NO3/c1-11(19)18-9-8-13-10-15(21)6-7-16(13)17(18)12-2-4-14(20)5-3-12/h2-7,10,17,20-21H,8-9H2,1H3/t17-/m1/s1. The summed E-state index contributed by atoms with van der Waals surface area (Å²) in [6, 6.07) is 12.0. The maximum atomic E-state index is 12.0. The highest BCUT2D eigenvalue weighted by atomic mass is 16.3. The number of benzene rings is 2. The van der Waals surface area contributed by atoms with E-state index in [4.69, 9.17) is 0 Å². The molecule has 4 heteroatoms. The minimum Gasteiger partial charge on any atom is -0.508 e. The van der Waals surface area contributed by atoms with Gasteiger partial charge in [0.05, 0.1) is 6.04 Å². The lowest BCUT2D eigenvalue weighted by molar-refractivity contribution is -0.130. The summed E-state index contributed by atoms with van der Waals surface area (Å²) in [6.45, 7) is 2.19. The molecule has 3 rings (SSSR count). The zero-order valence-corrected chi connectivity index (χ0v) is 11.8. The predicted octanol–water partition coefficient (Wildman–Crippen LogP) is 2.59. The Bertz CT molecular complexity index is 679. The van der Waals surface area contributed by atoms with Crippen molar-refractivity contribution in [2.24, 2.45) is 0 Å². The SMILES string of the molecule is CC(=O)N1CCc2cc(O)ccc2[C@H]1c1ccc(O)cc1. The van der Waals surface area contributed by atoms with E-state index in [0.29, 0.717) is 6.54 Å². The van der Waals surface area contributed by atoms with Crippen molar-refractivity contribution >= 4 is 5.91 Å². The van der Waals surface area contributed by atoms with Crippen molar-refractivity contribution in [1.82, 2.24) is 4.90 Å². The van der Waals surface area contributed by atoms with Gasteiger partial charge in [-0.2, -0.15) is 0 Å². The maximum absolute atomic E-state index is 12.0. The van der Waals surface area contributed by atoms with Crippen LogP contribution in [0.15, 0.2) is 42.5 Å². The predicted molar refractivity (Wildman–Crippen MR) is 79.1 cm³/mol. The van der Waals surface area contributed by atoms with Crippen LogP contribution in [-0.2, 0) is 11.2 Å². The molecule has 2 aromatic carbocycles. The third-order valence-corrected chi connectivity index (χ3v) is 3.97. The van der Waals surface area contributed by atoms with Crippen LogP contribution in [0.2, 0.25) is 0 Å². The van der Waals surface area contributed by atoms with Crippen molar-refractivity contribution in [1.29, 1.82) is 0 Å². The van der Waals surface area contributed by atoms with Crippen molar-refractivity contribution in [3.05, 3.63) is 59.2 Å². The highest BCUT2D eigenvalue weighted by molar-refractivity contribution is 5.75. The van der Waals surface area contributed by atoms with Gasteiger partial charge >= 0.3 is 0 Å². The first kappa shape index (κ1) is 13.5. The number of amides is 1. The zero-order chi connectivity index (χ0) is 15.0. The Morgan fingerprint density at radius 1 is 1.10 bits per heavy atom. The third-order valence-electron chi connectivity index (χ3n) is 3.97. The van der Waals surface area contributed by atoms with E-state index < -0.39 is 0 Å². The van der Waals surface area contributed by atoms with Crippen molar-refractivity contribution < 1.29 is 15.0 Å². The molecule has 1 heterocycles. The van der Waals surface area contributed by atoms with E-state index in [1.165, 1.54) is 0 Å². The lowest BCUT2D eigenvalue weighted by Crippen LogP contribution is -2.39. The number of carbonyl (C=O) groups is 1. The highest BCUT2D eigenvalue weighted by Crippen LogP contribution is 2.36. The minimum absolute atomic E-state index is 0.0202. The van der Waals surface area contributed by atoms with E-state index in [-0.39, 0.29) is 23.4 Å². The normalized spacial score (nSPS) is 17.4. The lowest BCUT2D eigenvalue weighted by atomic mass is 9.88. The number of hydrogen-bond acceptors (Lipinski definition) is 3. The molecule has 0 aromatic heterocycles. The molecule has 2 N–H and O–H groups in total. The molecule has 21 heavy (non-hydrogen) atoms. The second-order valence-electron chi connectivity index (χ2n) is 5.34. The fourth-order valence-corrected chi connectivity index (χ4v) is 2.97. The van der Waals surface area contributed by atoms with E-state index in [2.05, 4.69) is 0 Å². The maximum Gasteiger partial charge on any atom is 0.220 e. The first-order valence-electron chi connectivity index (χ1n) is 6.94. The van der Waals surface area contributed by atoms with Crippen LogP contribution in [0.4, 0.5) is 0 Å². The van der Waals surface area contributed by atoms with Gasteiger partial charge in [-0.1, -0.05) is 18.2 Å². The minimum atomic E-state index is -0.174. The van der Waals surface area contributed by atoms with Gasteiger partial charge in [0.15, 0.2) is 0 Å². The molecule has 0 bridgehead atoms. The number of hydrogen-bond donors (Lipinski definition) is 2. The molecule has 2 aromatic rings. The number of nitrogens with zero attached hydrogens (tertiary/aromatic N) is 1. The van der Waals surface area contributed by atoms with Gasteiger partial charge < -0.3 is 15.1 Å².